The van der Waals surface area contributed by atoms with Crippen LogP contribution in [0.3, 0.4) is 0 Å². The number of hydrogen-bond donors (Lipinski definition) is 2. The Morgan fingerprint density at radius 2 is 1.97 bits per heavy atom. The van der Waals surface area contributed by atoms with E-state index in [9.17, 15) is 27.1 Å². The first-order valence-corrected chi connectivity index (χ1v) is 12.4. The van der Waals surface area contributed by atoms with Crippen molar-refractivity contribution in [2.45, 2.75) is 57.2 Å². The van der Waals surface area contributed by atoms with E-state index in [-0.39, 0.29) is 28.9 Å². The van der Waals surface area contributed by atoms with Gasteiger partial charge in [0.25, 0.3) is 12.0 Å². The highest BCUT2D eigenvalue weighted by Gasteiger charge is 2.35. The van der Waals surface area contributed by atoms with Crippen molar-refractivity contribution >= 4 is 27.0 Å². The Morgan fingerprint density at radius 1 is 1.28 bits per heavy atom. The first-order valence-electron chi connectivity index (χ1n) is 11.1. The molecule has 2 aromatic heterocycles. The number of piperidine rings is 1. The van der Waals surface area contributed by atoms with Gasteiger partial charge in [0.05, 0.1) is 17.9 Å². The van der Waals surface area contributed by atoms with Crippen LogP contribution in [-0.4, -0.2) is 63.9 Å². The van der Waals surface area contributed by atoms with E-state index >= 15 is 0 Å². The number of sulfonamides is 1. The number of pyridine rings is 1. The molecular formula is C20H27F2N5O4S. The third kappa shape index (κ3) is 4.35. The highest BCUT2D eigenvalue weighted by Crippen LogP contribution is 2.37. The van der Waals surface area contributed by atoms with Gasteiger partial charge in [0.1, 0.15) is 7.02 Å². The summed E-state index contributed by atoms with van der Waals surface area (Å²) in [6.45, 7) is 2.46. The van der Waals surface area contributed by atoms with Gasteiger partial charge in [-0.2, -0.15) is 4.98 Å². The summed E-state index contributed by atoms with van der Waals surface area (Å²) in [6, 6.07) is 0.314. The van der Waals surface area contributed by atoms with Crippen molar-refractivity contribution in [1.29, 1.82) is 0 Å². The number of aliphatic hydroxyl groups excluding tert-OH is 1. The number of halogens is 2. The number of anilines is 1. The molecule has 1 saturated heterocycles. The van der Waals surface area contributed by atoms with E-state index in [4.69, 9.17) is 1.37 Å². The maximum Gasteiger partial charge on any atom is 0.269 e. The number of fused-ring (bicyclic) bond motifs is 1. The quantitative estimate of drug-likeness (QED) is 0.682. The second-order valence-electron chi connectivity index (χ2n) is 8.62. The van der Waals surface area contributed by atoms with E-state index in [1.54, 1.807) is 6.92 Å². The number of aromatic nitrogens is 3. The van der Waals surface area contributed by atoms with Gasteiger partial charge in [0.2, 0.25) is 16.0 Å². The number of nitrogens with zero attached hydrogens (tertiary/aromatic N) is 4. The number of alkyl halides is 2. The average Bonchev–Trinajstić information content (AvgIpc) is 3.05. The molecule has 4 rings (SSSR count). The summed E-state index contributed by atoms with van der Waals surface area (Å²) in [5, 5.41) is 13.5. The number of nitrogens with one attached hydrogen (secondary N) is 1. The monoisotopic (exact) mass is 472 g/mol. The summed E-state index contributed by atoms with van der Waals surface area (Å²) in [5.41, 5.74) is -1.80. The lowest BCUT2D eigenvalue weighted by molar-refractivity contribution is 0.127. The molecule has 0 amide bonds. The molecule has 0 radical (unpaired) electrons. The Labute approximate surface area is 185 Å². The zero-order valence-electron chi connectivity index (χ0n) is 18.8. The number of hydrogen-bond acceptors (Lipinski definition) is 7. The molecule has 2 aromatic rings. The molecule has 1 aliphatic heterocycles. The molecule has 32 heavy (non-hydrogen) atoms. The lowest BCUT2D eigenvalue weighted by atomic mass is 10.0. The first-order chi connectivity index (χ1) is 15.4. The molecule has 3 heterocycles. The maximum atomic E-state index is 13.9. The minimum Gasteiger partial charge on any atom is -0.393 e. The van der Waals surface area contributed by atoms with Crippen molar-refractivity contribution in [3.63, 3.8) is 0 Å². The van der Waals surface area contributed by atoms with Crippen molar-refractivity contribution < 1.29 is 23.7 Å². The molecular weight excluding hydrogens is 444 g/mol. The van der Waals surface area contributed by atoms with E-state index in [1.165, 1.54) is 21.3 Å². The second-order valence-corrected chi connectivity index (χ2v) is 10.6. The van der Waals surface area contributed by atoms with E-state index in [1.807, 2.05) is 0 Å². The molecule has 2 aliphatic rings. The predicted molar refractivity (Wildman–Crippen MR) is 115 cm³/mol. The third-order valence-electron chi connectivity index (χ3n) is 6.54. The fraction of sp³-hybridized carbons (Fsp3) is 0.650. The summed E-state index contributed by atoms with van der Waals surface area (Å²) in [5.74, 6) is -0.155. The molecule has 1 saturated carbocycles. The van der Waals surface area contributed by atoms with Crippen LogP contribution in [0.15, 0.2) is 17.1 Å². The summed E-state index contributed by atoms with van der Waals surface area (Å²) in [7, 11) is -3.26. The first kappa shape index (κ1) is 21.7. The van der Waals surface area contributed by atoms with Crippen LogP contribution in [0.2, 0.25) is 0 Å². The molecule has 176 valence electrons. The van der Waals surface area contributed by atoms with Crippen molar-refractivity contribution in [2.75, 3.05) is 24.7 Å². The maximum absolute atomic E-state index is 13.9. The zero-order chi connectivity index (χ0) is 24.1. The Bertz CT molecular complexity index is 1210. The summed E-state index contributed by atoms with van der Waals surface area (Å²) in [6.07, 6.45) is -0.333. The Morgan fingerprint density at radius 3 is 2.53 bits per heavy atom. The standard InChI is InChI=1S/C20H27F2N5O4S/c1-11-15(3-4-16(11)28)27-18-12(9-14(17(21)22)19(27)29)10-23-20(25-18)24-13-5-7-26(8-6-13)32(2,30)31/h9-11,13,15-17,28H,3-8H2,1-2H3,(H,23,24,25)/t11-,15-,16-/m0/s1/i17D. The van der Waals surface area contributed by atoms with E-state index in [0.717, 1.165) is 6.07 Å². The average molecular weight is 473 g/mol. The van der Waals surface area contributed by atoms with Crippen LogP contribution < -0.4 is 10.9 Å². The SMILES string of the molecule is [2H]C(F)(F)c1cc2cnc(NC3CCN(S(C)(=O)=O)CC3)nc2n([C@H]2CC[C@H](O)[C@H]2C)c1=O. The Balaban J connectivity index is 1.71. The number of aliphatic hydroxyl groups is 1. The van der Waals surface area contributed by atoms with Gasteiger partial charge < -0.3 is 10.4 Å². The fourth-order valence-electron chi connectivity index (χ4n) is 4.64. The van der Waals surface area contributed by atoms with Gasteiger partial charge in [0, 0.05) is 42.7 Å². The summed E-state index contributed by atoms with van der Waals surface area (Å²) in [4.78, 5) is 21.7. The van der Waals surface area contributed by atoms with Gasteiger partial charge in [-0.25, -0.2) is 26.5 Å². The fourth-order valence-corrected chi connectivity index (χ4v) is 5.51. The lowest BCUT2D eigenvalue weighted by Gasteiger charge is -2.30. The largest absolute Gasteiger partial charge is 0.393 e. The molecule has 0 bridgehead atoms. The van der Waals surface area contributed by atoms with Crippen LogP contribution in [0, 0.1) is 5.92 Å². The molecule has 3 atom stereocenters. The molecule has 0 aromatic carbocycles. The lowest BCUT2D eigenvalue weighted by Crippen LogP contribution is -2.42. The van der Waals surface area contributed by atoms with Crippen LogP contribution in [0.5, 0.6) is 0 Å². The molecule has 12 heteroatoms. The highest BCUT2D eigenvalue weighted by atomic mass is 32.2. The van der Waals surface area contributed by atoms with Gasteiger partial charge in [-0.15, -0.1) is 0 Å². The van der Waals surface area contributed by atoms with Crippen LogP contribution in [0.1, 0.15) is 52.0 Å². The molecule has 2 N–H and O–H groups in total. The van der Waals surface area contributed by atoms with Gasteiger partial charge in [-0.05, 0) is 31.7 Å². The van der Waals surface area contributed by atoms with E-state index in [2.05, 4.69) is 15.3 Å². The Kier molecular flexibility index (Phi) is 5.84. The Hall–Kier alpha value is -2.18. The van der Waals surface area contributed by atoms with E-state index < -0.39 is 39.7 Å². The van der Waals surface area contributed by atoms with Gasteiger partial charge in [-0.1, -0.05) is 6.92 Å². The molecule has 1 aliphatic carbocycles. The van der Waals surface area contributed by atoms with Crippen LogP contribution in [0.4, 0.5) is 14.7 Å². The van der Waals surface area contributed by atoms with Crippen LogP contribution in [0.25, 0.3) is 11.0 Å². The van der Waals surface area contributed by atoms with Crippen molar-refractivity contribution in [3.05, 3.63) is 28.2 Å². The van der Waals surface area contributed by atoms with E-state index in [0.29, 0.717) is 38.8 Å². The minimum absolute atomic E-state index is 0.0929. The molecule has 0 spiro atoms. The second kappa shape index (κ2) is 8.64. The minimum atomic E-state index is -4.09. The third-order valence-corrected chi connectivity index (χ3v) is 7.84. The van der Waals surface area contributed by atoms with Gasteiger partial charge in [0.15, 0.2) is 0 Å². The van der Waals surface area contributed by atoms with Gasteiger partial charge >= 0.3 is 0 Å². The molecule has 0 unspecified atom stereocenters. The smallest absolute Gasteiger partial charge is 0.269 e. The van der Waals surface area contributed by atoms with Crippen LogP contribution in [-0.2, 0) is 10.0 Å². The topological polar surface area (TPSA) is 117 Å². The summed E-state index contributed by atoms with van der Waals surface area (Å²) >= 11 is 0. The predicted octanol–water partition coefficient (Wildman–Crippen LogP) is 1.90. The summed E-state index contributed by atoms with van der Waals surface area (Å²) < 4.78 is 60.9. The van der Waals surface area contributed by atoms with Crippen molar-refractivity contribution in [2.24, 2.45) is 5.92 Å². The van der Waals surface area contributed by atoms with Crippen LogP contribution >= 0.6 is 0 Å². The molecule has 2 fully saturated rings. The molecule has 9 nitrogen and oxygen atoms in total. The normalized spacial score (nSPS) is 26.4. The van der Waals surface area contributed by atoms with Gasteiger partial charge in [-0.3, -0.25) is 9.36 Å². The van der Waals surface area contributed by atoms with Crippen molar-refractivity contribution in [1.82, 2.24) is 18.8 Å². The number of rotatable bonds is 5. The van der Waals surface area contributed by atoms with Crippen molar-refractivity contribution in [3.8, 4) is 0 Å². The highest BCUT2D eigenvalue weighted by molar-refractivity contribution is 7.88. The zero-order valence-corrected chi connectivity index (χ0v) is 18.6.